The maximum Gasteiger partial charge on any atom is 0.325 e. The number of carbonyl (C=O) groups is 2. The molecule has 0 aliphatic rings. The number of hydrogen-bond acceptors (Lipinski definition) is 4. The van der Waals surface area contributed by atoms with E-state index >= 15 is 0 Å². The van der Waals surface area contributed by atoms with Gasteiger partial charge in [-0.1, -0.05) is 18.2 Å². The van der Waals surface area contributed by atoms with Crippen LogP contribution in [0, 0.1) is 6.92 Å². The number of esters is 1. The van der Waals surface area contributed by atoms with Crippen LogP contribution in [0.25, 0.3) is 6.08 Å². The van der Waals surface area contributed by atoms with Crippen molar-refractivity contribution in [3.05, 3.63) is 35.4 Å². The van der Waals surface area contributed by atoms with Crippen LogP contribution in [0.3, 0.4) is 0 Å². The molecule has 0 saturated carbocycles. The van der Waals surface area contributed by atoms with Gasteiger partial charge in [0.25, 0.3) is 0 Å². The standard InChI is InChI=1S/C13H15NO3/c1-9-4-3-5-11(7-6-10(2)15)13(9)17-12(16)8-14/h3-7H,8,14H2,1-2H3/b7-6-. The fourth-order valence-corrected chi connectivity index (χ4v) is 1.31. The third-order valence-corrected chi connectivity index (χ3v) is 2.12. The Hall–Kier alpha value is -1.94. The molecule has 0 unspecified atom stereocenters. The van der Waals surface area contributed by atoms with Gasteiger partial charge in [-0.3, -0.25) is 9.59 Å². The highest BCUT2D eigenvalue weighted by Gasteiger charge is 2.08. The molecule has 0 saturated heterocycles. The van der Waals surface area contributed by atoms with Crippen LogP contribution in [0.5, 0.6) is 5.75 Å². The largest absolute Gasteiger partial charge is 0.425 e. The molecule has 0 bridgehead atoms. The number of aryl methyl sites for hydroxylation is 1. The number of para-hydroxylation sites is 1. The normalized spacial score (nSPS) is 10.5. The smallest absolute Gasteiger partial charge is 0.325 e. The molecule has 0 aliphatic heterocycles. The second-order valence-electron chi connectivity index (χ2n) is 3.62. The summed E-state index contributed by atoms with van der Waals surface area (Å²) in [4.78, 5) is 22.1. The molecule has 4 heteroatoms. The zero-order valence-corrected chi connectivity index (χ0v) is 9.90. The molecular weight excluding hydrogens is 218 g/mol. The van der Waals surface area contributed by atoms with E-state index in [4.69, 9.17) is 10.5 Å². The molecule has 0 spiro atoms. The molecule has 1 rings (SSSR count). The molecule has 0 aliphatic carbocycles. The first-order valence-electron chi connectivity index (χ1n) is 5.23. The van der Waals surface area contributed by atoms with Crippen molar-refractivity contribution in [1.29, 1.82) is 0 Å². The van der Waals surface area contributed by atoms with Crippen molar-refractivity contribution in [3.63, 3.8) is 0 Å². The summed E-state index contributed by atoms with van der Waals surface area (Å²) in [6, 6.07) is 5.42. The fourth-order valence-electron chi connectivity index (χ4n) is 1.31. The van der Waals surface area contributed by atoms with Gasteiger partial charge in [-0.05, 0) is 31.6 Å². The number of hydrogen-bond donors (Lipinski definition) is 1. The van der Waals surface area contributed by atoms with Gasteiger partial charge in [0.15, 0.2) is 5.78 Å². The Morgan fingerprint density at radius 1 is 1.41 bits per heavy atom. The molecule has 1 aromatic rings. The summed E-state index contributed by atoms with van der Waals surface area (Å²) in [7, 11) is 0. The van der Waals surface area contributed by atoms with Gasteiger partial charge in [-0.15, -0.1) is 0 Å². The zero-order valence-electron chi connectivity index (χ0n) is 9.90. The van der Waals surface area contributed by atoms with E-state index in [1.807, 2.05) is 19.1 Å². The Kier molecular flexibility index (Phi) is 4.60. The lowest BCUT2D eigenvalue weighted by Gasteiger charge is -2.09. The Balaban J connectivity index is 3.08. The van der Waals surface area contributed by atoms with Crippen molar-refractivity contribution in [2.24, 2.45) is 5.73 Å². The van der Waals surface area contributed by atoms with Gasteiger partial charge in [0.2, 0.25) is 0 Å². The van der Waals surface area contributed by atoms with Crippen LogP contribution in [-0.4, -0.2) is 18.3 Å². The average Bonchev–Trinajstić information content (AvgIpc) is 2.29. The van der Waals surface area contributed by atoms with Crippen molar-refractivity contribution < 1.29 is 14.3 Å². The van der Waals surface area contributed by atoms with Crippen LogP contribution in [0.2, 0.25) is 0 Å². The molecule has 0 atom stereocenters. The Morgan fingerprint density at radius 2 is 2.12 bits per heavy atom. The zero-order chi connectivity index (χ0) is 12.8. The second kappa shape index (κ2) is 5.96. The summed E-state index contributed by atoms with van der Waals surface area (Å²) in [5, 5.41) is 0. The van der Waals surface area contributed by atoms with Gasteiger partial charge in [-0.2, -0.15) is 0 Å². The summed E-state index contributed by atoms with van der Waals surface area (Å²) in [5.41, 5.74) is 6.70. The highest BCUT2D eigenvalue weighted by Crippen LogP contribution is 2.24. The third-order valence-electron chi connectivity index (χ3n) is 2.12. The molecule has 0 amide bonds. The van der Waals surface area contributed by atoms with Crippen LogP contribution >= 0.6 is 0 Å². The average molecular weight is 233 g/mol. The molecule has 4 nitrogen and oxygen atoms in total. The number of ketones is 1. The monoisotopic (exact) mass is 233 g/mol. The summed E-state index contributed by atoms with van der Waals surface area (Å²) in [6.45, 7) is 3.10. The predicted octanol–water partition coefficient (Wildman–Crippen LogP) is 1.46. The van der Waals surface area contributed by atoms with E-state index in [1.54, 1.807) is 12.1 Å². The minimum Gasteiger partial charge on any atom is -0.425 e. The first-order chi connectivity index (χ1) is 8.04. The summed E-state index contributed by atoms with van der Waals surface area (Å²) < 4.78 is 5.13. The molecule has 2 N–H and O–H groups in total. The van der Waals surface area contributed by atoms with E-state index in [0.717, 1.165) is 5.56 Å². The Labute approximate surface area is 100 Å². The van der Waals surface area contributed by atoms with E-state index < -0.39 is 5.97 Å². The maximum atomic E-state index is 11.2. The van der Waals surface area contributed by atoms with Gasteiger partial charge < -0.3 is 10.5 Å². The van der Waals surface area contributed by atoms with Crippen LogP contribution < -0.4 is 10.5 Å². The van der Waals surface area contributed by atoms with Crippen LogP contribution in [0.1, 0.15) is 18.1 Å². The lowest BCUT2D eigenvalue weighted by molar-refractivity contribution is -0.132. The van der Waals surface area contributed by atoms with E-state index in [2.05, 4.69) is 0 Å². The first kappa shape index (κ1) is 13.1. The number of nitrogens with two attached hydrogens (primary N) is 1. The van der Waals surface area contributed by atoms with Crippen molar-refractivity contribution in [1.82, 2.24) is 0 Å². The molecule has 0 fully saturated rings. The number of carbonyl (C=O) groups excluding carboxylic acids is 2. The molecule has 90 valence electrons. The number of ether oxygens (including phenoxy) is 1. The summed E-state index contributed by atoms with van der Waals surface area (Å²) in [5.74, 6) is -0.125. The van der Waals surface area contributed by atoms with E-state index in [-0.39, 0.29) is 12.3 Å². The van der Waals surface area contributed by atoms with Crippen LogP contribution in [0.4, 0.5) is 0 Å². The molecular formula is C13H15NO3. The topological polar surface area (TPSA) is 69.4 Å². The van der Waals surface area contributed by atoms with Gasteiger partial charge in [-0.25, -0.2) is 0 Å². The Morgan fingerprint density at radius 3 is 2.71 bits per heavy atom. The number of rotatable bonds is 4. The molecule has 17 heavy (non-hydrogen) atoms. The van der Waals surface area contributed by atoms with Crippen molar-refractivity contribution >= 4 is 17.8 Å². The lowest BCUT2D eigenvalue weighted by atomic mass is 10.1. The van der Waals surface area contributed by atoms with E-state index in [9.17, 15) is 9.59 Å². The quantitative estimate of drug-likeness (QED) is 0.485. The fraction of sp³-hybridized carbons (Fsp3) is 0.231. The van der Waals surface area contributed by atoms with Crippen LogP contribution in [-0.2, 0) is 9.59 Å². The lowest BCUT2D eigenvalue weighted by Crippen LogP contribution is -2.20. The molecule has 0 aromatic heterocycles. The third kappa shape index (κ3) is 3.85. The predicted molar refractivity (Wildman–Crippen MR) is 65.6 cm³/mol. The highest BCUT2D eigenvalue weighted by atomic mass is 16.5. The molecule has 1 aromatic carbocycles. The van der Waals surface area contributed by atoms with E-state index in [0.29, 0.717) is 11.3 Å². The number of allylic oxidation sites excluding steroid dienone is 1. The maximum absolute atomic E-state index is 11.2. The van der Waals surface area contributed by atoms with Crippen molar-refractivity contribution in [2.45, 2.75) is 13.8 Å². The molecule has 0 heterocycles. The summed E-state index contributed by atoms with van der Waals surface area (Å²) >= 11 is 0. The summed E-state index contributed by atoms with van der Waals surface area (Å²) in [6.07, 6.45) is 3.04. The minimum absolute atomic E-state index is 0.0670. The van der Waals surface area contributed by atoms with Crippen molar-refractivity contribution in [3.8, 4) is 5.75 Å². The van der Waals surface area contributed by atoms with E-state index in [1.165, 1.54) is 13.0 Å². The van der Waals surface area contributed by atoms with Gasteiger partial charge >= 0.3 is 5.97 Å². The van der Waals surface area contributed by atoms with Crippen LogP contribution in [0.15, 0.2) is 24.3 Å². The van der Waals surface area contributed by atoms with Gasteiger partial charge in [0.1, 0.15) is 5.75 Å². The minimum atomic E-state index is -0.503. The first-order valence-corrected chi connectivity index (χ1v) is 5.23. The Bertz CT molecular complexity index is 464. The highest BCUT2D eigenvalue weighted by molar-refractivity contribution is 5.92. The van der Waals surface area contributed by atoms with Gasteiger partial charge in [0, 0.05) is 5.56 Å². The van der Waals surface area contributed by atoms with Gasteiger partial charge in [0.05, 0.1) is 6.54 Å². The van der Waals surface area contributed by atoms with Crippen molar-refractivity contribution in [2.75, 3.05) is 6.54 Å². The molecule has 0 radical (unpaired) electrons. The number of benzene rings is 1. The SMILES string of the molecule is CC(=O)/C=C\c1cccc(C)c1OC(=O)CN. The second-order valence-corrected chi connectivity index (χ2v) is 3.62.